The first kappa shape index (κ1) is 35.3. The summed E-state index contributed by atoms with van der Waals surface area (Å²) in [6.07, 6.45) is 8.21. The first-order valence-corrected chi connectivity index (χ1v) is 19.8. The first-order valence-electron chi connectivity index (χ1n) is 19.8. The predicted octanol–water partition coefficient (Wildman–Crippen LogP) is 4.36. The molecule has 5 aliphatic rings. The van der Waals surface area contributed by atoms with E-state index in [0.717, 1.165) is 107 Å². The second kappa shape index (κ2) is 14.4. The lowest BCUT2D eigenvalue weighted by atomic mass is 9.67. The molecule has 3 amide bonds. The van der Waals surface area contributed by atoms with E-state index in [2.05, 4.69) is 47.2 Å². The summed E-state index contributed by atoms with van der Waals surface area (Å²) in [6, 6.07) is 23.5. The van der Waals surface area contributed by atoms with Gasteiger partial charge in [0, 0.05) is 76.0 Å². The van der Waals surface area contributed by atoms with Crippen LogP contribution in [0.1, 0.15) is 55.6 Å². The molecule has 12 nitrogen and oxygen atoms in total. The number of phenols is 1. The highest BCUT2D eigenvalue weighted by atomic mass is 16.3. The third-order valence-electron chi connectivity index (χ3n) is 12.9. The number of rotatable bonds is 9. The highest BCUT2D eigenvalue weighted by molar-refractivity contribution is 6.00. The van der Waals surface area contributed by atoms with Gasteiger partial charge in [-0.15, -0.1) is 0 Å². The van der Waals surface area contributed by atoms with Gasteiger partial charge in [0.1, 0.15) is 11.6 Å². The quantitative estimate of drug-likeness (QED) is 0.239. The lowest BCUT2D eigenvalue weighted by Gasteiger charge is -2.62. The maximum absolute atomic E-state index is 14.5. The van der Waals surface area contributed by atoms with Crippen LogP contribution in [0.3, 0.4) is 0 Å². The predicted molar refractivity (Wildman–Crippen MR) is 208 cm³/mol. The molecule has 1 spiro atoms. The van der Waals surface area contributed by atoms with Crippen molar-refractivity contribution >= 4 is 29.2 Å². The third kappa shape index (κ3) is 6.81. The summed E-state index contributed by atoms with van der Waals surface area (Å²) in [4.78, 5) is 52.3. The van der Waals surface area contributed by atoms with Crippen LogP contribution in [0.25, 0.3) is 11.3 Å². The van der Waals surface area contributed by atoms with E-state index in [1.807, 2.05) is 48.5 Å². The van der Waals surface area contributed by atoms with Gasteiger partial charge < -0.3 is 24.7 Å². The standard InChI is InChI=1S/C43H48N8O4/c52-37-9-5-4-8-35(37)36-22-33(24-45-47-36)49-20-16-43(17-21-49,32-6-2-1-3-7-32)41(55)51-28-42(29-51)26-48(27-42)18-14-30-15-19-50(25-30)38-12-10-31(23-44-38)34-11-13-39(53)46-40(34)54/h1-10,12,22-24,30,34,52H,11,13-21,25-29H2,(H,46,53,54)/t30-,34+/m0/s1. The van der Waals surface area contributed by atoms with Crippen molar-refractivity contribution in [3.8, 4) is 17.0 Å². The molecule has 4 aromatic rings. The van der Waals surface area contributed by atoms with Crippen LogP contribution in [0, 0.1) is 11.3 Å². The fourth-order valence-electron chi connectivity index (χ4n) is 9.80. The smallest absolute Gasteiger partial charge is 0.234 e. The van der Waals surface area contributed by atoms with Crippen molar-refractivity contribution in [3.63, 3.8) is 0 Å². The summed E-state index contributed by atoms with van der Waals surface area (Å²) in [5.74, 6) is 1.27. The number of imide groups is 1. The number of nitrogens with one attached hydrogen (secondary N) is 1. The van der Waals surface area contributed by atoms with Crippen LogP contribution in [0.2, 0.25) is 0 Å². The Morgan fingerprint density at radius 1 is 0.873 bits per heavy atom. The molecule has 5 saturated heterocycles. The number of benzene rings is 2. The summed E-state index contributed by atoms with van der Waals surface area (Å²) in [5.41, 5.74) is 3.86. The van der Waals surface area contributed by atoms with Gasteiger partial charge >= 0.3 is 0 Å². The molecule has 2 aromatic carbocycles. The van der Waals surface area contributed by atoms with Gasteiger partial charge in [0.2, 0.25) is 17.7 Å². The molecular weight excluding hydrogens is 693 g/mol. The SMILES string of the molecule is O=C1CC[C@H](c2ccc(N3CC[C@H](CCN4CC5(C4)CN(C(=O)C4(c6ccccc6)CCN(c6cnnc(-c7ccccc7O)c6)CC4)C5)C3)nc2)C(=O)N1. The maximum Gasteiger partial charge on any atom is 0.234 e. The molecule has 55 heavy (non-hydrogen) atoms. The molecule has 5 fully saturated rings. The zero-order chi connectivity index (χ0) is 37.6. The Kier molecular flexibility index (Phi) is 9.24. The second-order valence-corrected chi connectivity index (χ2v) is 16.5. The fourth-order valence-corrected chi connectivity index (χ4v) is 9.80. The van der Waals surface area contributed by atoms with Crippen molar-refractivity contribution in [3.05, 3.63) is 96.3 Å². The Hall–Kier alpha value is -5.36. The first-order chi connectivity index (χ1) is 26.8. The minimum Gasteiger partial charge on any atom is -0.507 e. The molecule has 5 aliphatic heterocycles. The Labute approximate surface area is 321 Å². The second-order valence-electron chi connectivity index (χ2n) is 16.5. The van der Waals surface area contributed by atoms with Crippen LogP contribution in [0.5, 0.6) is 5.75 Å². The molecule has 2 atom stereocenters. The number of carbonyl (C=O) groups is 3. The number of phenolic OH excluding ortho intramolecular Hbond substituents is 1. The van der Waals surface area contributed by atoms with Gasteiger partial charge in [-0.2, -0.15) is 10.2 Å². The lowest BCUT2D eigenvalue weighted by molar-refractivity contribution is -0.165. The van der Waals surface area contributed by atoms with Gasteiger partial charge in [-0.25, -0.2) is 4.98 Å². The number of aromatic hydroxyl groups is 1. The van der Waals surface area contributed by atoms with Gasteiger partial charge in [-0.1, -0.05) is 48.5 Å². The number of piperidine rings is 2. The maximum atomic E-state index is 14.5. The molecule has 9 rings (SSSR count). The van der Waals surface area contributed by atoms with E-state index in [4.69, 9.17) is 4.98 Å². The van der Waals surface area contributed by atoms with Gasteiger partial charge in [0.05, 0.1) is 28.9 Å². The number of nitrogens with zero attached hydrogens (tertiary/aromatic N) is 7. The van der Waals surface area contributed by atoms with E-state index >= 15 is 0 Å². The number of pyridine rings is 1. The summed E-state index contributed by atoms with van der Waals surface area (Å²) < 4.78 is 0. The van der Waals surface area contributed by atoms with Crippen LogP contribution in [0.15, 0.2) is 85.2 Å². The van der Waals surface area contributed by atoms with Crippen molar-refractivity contribution in [1.29, 1.82) is 0 Å². The Balaban J connectivity index is 0.764. The molecule has 12 heteroatoms. The highest BCUT2D eigenvalue weighted by Gasteiger charge is 2.56. The van der Waals surface area contributed by atoms with Gasteiger partial charge in [-0.05, 0) is 80.0 Å². The molecule has 2 N–H and O–H groups in total. The Morgan fingerprint density at radius 3 is 2.40 bits per heavy atom. The van der Waals surface area contributed by atoms with E-state index in [0.29, 0.717) is 30.0 Å². The molecule has 0 aliphatic carbocycles. The van der Waals surface area contributed by atoms with Crippen molar-refractivity contribution in [2.24, 2.45) is 11.3 Å². The van der Waals surface area contributed by atoms with Crippen LogP contribution < -0.4 is 15.1 Å². The number of amides is 3. The molecule has 0 unspecified atom stereocenters. The Morgan fingerprint density at radius 2 is 1.65 bits per heavy atom. The highest BCUT2D eigenvalue weighted by Crippen LogP contribution is 2.45. The lowest BCUT2D eigenvalue weighted by Crippen LogP contribution is -2.74. The number of likely N-dealkylation sites (tertiary alicyclic amines) is 2. The number of hydrogen-bond donors (Lipinski definition) is 2. The number of anilines is 2. The zero-order valence-corrected chi connectivity index (χ0v) is 31.1. The molecule has 7 heterocycles. The average molecular weight is 741 g/mol. The van der Waals surface area contributed by atoms with Crippen LogP contribution >= 0.6 is 0 Å². The van der Waals surface area contributed by atoms with E-state index in [9.17, 15) is 19.5 Å². The van der Waals surface area contributed by atoms with E-state index in [1.165, 1.54) is 0 Å². The normalized spacial score (nSPS) is 23.3. The van der Waals surface area contributed by atoms with Crippen LogP contribution in [-0.2, 0) is 19.8 Å². The minimum absolute atomic E-state index is 0.177. The van der Waals surface area contributed by atoms with Crippen LogP contribution in [0.4, 0.5) is 11.5 Å². The number of aromatic nitrogens is 3. The van der Waals surface area contributed by atoms with Crippen molar-refractivity contribution in [2.75, 3.05) is 68.7 Å². The third-order valence-corrected chi connectivity index (χ3v) is 12.9. The largest absolute Gasteiger partial charge is 0.507 e. The average Bonchev–Trinajstić information content (AvgIpc) is 3.66. The number of hydrogen-bond acceptors (Lipinski definition) is 10. The number of para-hydroxylation sites is 1. The topological polar surface area (TPSA) is 135 Å². The minimum atomic E-state index is -0.557. The van der Waals surface area contributed by atoms with Crippen LogP contribution in [-0.4, -0.2) is 107 Å². The van der Waals surface area contributed by atoms with Crippen molar-refractivity contribution in [2.45, 2.75) is 49.9 Å². The molecule has 2 aromatic heterocycles. The fraction of sp³-hybridized carbons (Fsp3) is 0.442. The molecule has 0 saturated carbocycles. The summed E-state index contributed by atoms with van der Waals surface area (Å²) in [6.45, 7) is 8.26. The zero-order valence-electron chi connectivity index (χ0n) is 31.1. The number of carbonyl (C=O) groups excluding carboxylic acids is 3. The van der Waals surface area contributed by atoms with E-state index < -0.39 is 5.41 Å². The molecular formula is C43H48N8O4. The van der Waals surface area contributed by atoms with Gasteiger partial charge in [0.15, 0.2) is 0 Å². The summed E-state index contributed by atoms with van der Waals surface area (Å²) in [7, 11) is 0. The van der Waals surface area contributed by atoms with Gasteiger partial charge in [0.25, 0.3) is 0 Å². The molecule has 284 valence electrons. The van der Waals surface area contributed by atoms with Gasteiger partial charge in [-0.3, -0.25) is 19.7 Å². The van der Waals surface area contributed by atoms with E-state index in [1.54, 1.807) is 24.5 Å². The molecule has 0 bridgehead atoms. The summed E-state index contributed by atoms with van der Waals surface area (Å²) >= 11 is 0. The molecule has 0 radical (unpaired) electrons. The van der Waals surface area contributed by atoms with Crippen molar-refractivity contribution in [1.82, 2.24) is 30.3 Å². The summed E-state index contributed by atoms with van der Waals surface area (Å²) in [5, 5.41) is 21.4. The Bertz CT molecular complexity index is 2050. The van der Waals surface area contributed by atoms with Crippen molar-refractivity contribution < 1.29 is 19.5 Å². The van der Waals surface area contributed by atoms with E-state index in [-0.39, 0.29) is 34.8 Å². The monoisotopic (exact) mass is 740 g/mol.